The van der Waals surface area contributed by atoms with Gasteiger partial charge in [-0.3, -0.25) is 4.68 Å². The van der Waals surface area contributed by atoms with Crippen molar-refractivity contribution in [1.82, 2.24) is 14.7 Å². The summed E-state index contributed by atoms with van der Waals surface area (Å²) in [4.78, 5) is 2.61. The minimum Gasteiger partial charge on any atom is -0.303 e. The molecule has 0 N–H and O–H groups in total. The maximum Gasteiger partial charge on any atom is 0.0543 e. The highest BCUT2D eigenvalue weighted by molar-refractivity contribution is 5.00. The third-order valence-electron chi connectivity index (χ3n) is 3.74. The second-order valence-corrected chi connectivity index (χ2v) is 5.28. The van der Waals surface area contributed by atoms with Crippen LogP contribution in [0.1, 0.15) is 50.6 Å². The molecule has 3 nitrogen and oxygen atoms in total. The maximum absolute atomic E-state index is 4.44. The van der Waals surface area contributed by atoms with Crippen LogP contribution in [0.15, 0.2) is 12.4 Å². The van der Waals surface area contributed by atoms with Crippen molar-refractivity contribution in [2.24, 2.45) is 0 Å². The Labute approximate surface area is 105 Å². The minimum atomic E-state index is 0.631. The van der Waals surface area contributed by atoms with E-state index in [1.54, 1.807) is 0 Å². The van der Waals surface area contributed by atoms with Crippen molar-refractivity contribution >= 4 is 0 Å². The number of nitrogens with zero attached hydrogens (tertiary/aromatic N) is 3. The SMILES string of the molecule is CCCCCN1CCC(n2cc(C)cn2)CC1. The summed E-state index contributed by atoms with van der Waals surface area (Å²) in [6, 6.07) is 0.631. The van der Waals surface area contributed by atoms with E-state index in [0.717, 1.165) is 0 Å². The molecule has 1 fully saturated rings. The van der Waals surface area contributed by atoms with Gasteiger partial charge in [0, 0.05) is 19.3 Å². The summed E-state index contributed by atoms with van der Waals surface area (Å²) in [6.45, 7) is 8.16. The van der Waals surface area contributed by atoms with Crippen molar-refractivity contribution in [3.63, 3.8) is 0 Å². The first-order chi connectivity index (χ1) is 8.29. The van der Waals surface area contributed by atoms with Gasteiger partial charge < -0.3 is 4.90 Å². The highest BCUT2D eigenvalue weighted by Gasteiger charge is 2.20. The smallest absolute Gasteiger partial charge is 0.0543 e. The van der Waals surface area contributed by atoms with E-state index in [1.165, 1.54) is 57.3 Å². The summed E-state index contributed by atoms with van der Waals surface area (Å²) in [5.74, 6) is 0. The lowest BCUT2D eigenvalue weighted by atomic mass is 10.0. The van der Waals surface area contributed by atoms with Crippen LogP contribution in [0.25, 0.3) is 0 Å². The summed E-state index contributed by atoms with van der Waals surface area (Å²) >= 11 is 0. The monoisotopic (exact) mass is 235 g/mol. The van der Waals surface area contributed by atoms with Crippen molar-refractivity contribution in [2.75, 3.05) is 19.6 Å². The van der Waals surface area contributed by atoms with Gasteiger partial charge in [-0.25, -0.2) is 0 Å². The van der Waals surface area contributed by atoms with E-state index < -0.39 is 0 Å². The summed E-state index contributed by atoms with van der Waals surface area (Å²) in [5, 5.41) is 4.44. The van der Waals surface area contributed by atoms with E-state index in [9.17, 15) is 0 Å². The Morgan fingerprint density at radius 2 is 2.06 bits per heavy atom. The van der Waals surface area contributed by atoms with Crippen LogP contribution in [0.4, 0.5) is 0 Å². The normalized spacial score (nSPS) is 18.7. The van der Waals surface area contributed by atoms with Gasteiger partial charge in [0.05, 0.1) is 12.2 Å². The molecule has 0 atom stereocenters. The number of aromatic nitrogens is 2. The van der Waals surface area contributed by atoms with Crippen LogP contribution in [0.2, 0.25) is 0 Å². The zero-order valence-corrected chi connectivity index (χ0v) is 11.2. The number of likely N-dealkylation sites (tertiary alicyclic amines) is 1. The molecule has 2 rings (SSSR count). The van der Waals surface area contributed by atoms with Crippen molar-refractivity contribution in [3.05, 3.63) is 18.0 Å². The van der Waals surface area contributed by atoms with Gasteiger partial charge in [0.2, 0.25) is 0 Å². The molecule has 17 heavy (non-hydrogen) atoms. The lowest BCUT2D eigenvalue weighted by molar-refractivity contribution is 0.177. The second-order valence-electron chi connectivity index (χ2n) is 5.28. The van der Waals surface area contributed by atoms with Crippen LogP contribution < -0.4 is 0 Å². The van der Waals surface area contributed by atoms with Crippen molar-refractivity contribution < 1.29 is 0 Å². The summed E-state index contributed by atoms with van der Waals surface area (Å²) in [5.41, 5.74) is 1.27. The van der Waals surface area contributed by atoms with Crippen LogP contribution in [0, 0.1) is 6.92 Å². The van der Waals surface area contributed by atoms with Gasteiger partial charge in [0.15, 0.2) is 0 Å². The fourth-order valence-corrected chi connectivity index (χ4v) is 2.63. The lowest BCUT2D eigenvalue weighted by Crippen LogP contribution is -2.35. The second kappa shape index (κ2) is 6.20. The van der Waals surface area contributed by atoms with Crippen molar-refractivity contribution in [1.29, 1.82) is 0 Å². The first-order valence-electron chi connectivity index (χ1n) is 7.02. The van der Waals surface area contributed by atoms with Gasteiger partial charge in [0.25, 0.3) is 0 Å². The first-order valence-corrected chi connectivity index (χ1v) is 7.02. The topological polar surface area (TPSA) is 21.1 Å². The van der Waals surface area contributed by atoms with E-state index in [4.69, 9.17) is 0 Å². The molecule has 96 valence electrons. The number of piperidine rings is 1. The molecule has 1 aromatic rings. The van der Waals surface area contributed by atoms with E-state index in [-0.39, 0.29) is 0 Å². The predicted octanol–water partition coefficient (Wildman–Crippen LogP) is 3.02. The molecule has 0 amide bonds. The highest BCUT2D eigenvalue weighted by Crippen LogP contribution is 2.22. The van der Waals surface area contributed by atoms with Gasteiger partial charge in [-0.15, -0.1) is 0 Å². The first kappa shape index (κ1) is 12.6. The lowest BCUT2D eigenvalue weighted by Gasteiger charge is -2.32. The summed E-state index contributed by atoms with van der Waals surface area (Å²) in [6.07, 6.45) is 10.7. The summed E-state index contributed by atoms with van der Waals surface area (Å²) < 4.78 is 2.17. The van der Waals surface area contributed by atoms with Crippen LogP contribution in [-0.4, -0.2) is 34.3 Å². The van der Waals surface area contributed by atoms with Gasteiger partial charge in [-0.05, 0) is 38.3 Å². The average molecular weight is 235 g/mol. The molecule has 1 aliphatic rings. The largest absolute Gasteiger partial charge is 0.303 e. The number of unbranched alkanes of at least 4 members (excludes halogenated alkanes) is 2. The molecule has 0 unspecified atom stereocenters. The standard InChI is InChI=1S/C14H25N3/c1-3-4-5-8-16-9-6-14(7-10-16)17-12-13(2)11-15-17/h11-12,14H,3-10H2,1-2H3. The quantitative estimate of drug-likeness (QED) is 0.731. The van der Waals surface area contributed by atoms with Gasteiger partial charge >= 0.3 is 0 Å². The van der Waals surface area contributed by atoms with Crippen LogP contribution in [0.5, 0.6) is 0 Å². The Bertz CT molecular complexity index is 324. The fourth-order valence-electron chi connectivity index (χ4n) is 2.63. The molecule has 2 heterocycles. The van der Waals surface area contributed by atoms with E-state index in [2.05, 4.69) is 34.7 Å². The minimum absolute atomic E-state index is 0.631. The zero-order chi connectivity index (χ0) is 12.1. The van der Waals surface area contributed by atoms with Crippen LogP contribution >= 0.6 is 0 Å². The molecular weight excluding hydrogens is 210 g/mol. The Balaban J connectivity index is 1.74. The van der Waals surface area contributed by atoms with Crippen LogP contribution in [0.3, 0.4) is 0 Å². The highest BCUT2D eigenvalue weighted by atomic mass is 15.3. The maximum atomic E-state index is 4.44. The number of aryl methyl sites for hydroxylation is 1. The number of hydrogen-bond acceptors (Lipinski definition) is 2. The third kappa shape index (κ3) is 3.56. The van der Waals surface area contributed by atoms with Gasteiger partial charge in [-0.1, -0.05) is 19.8 Å². The molecule has 0 saturated carbocycles. The van der Waals surface area contributed by atoms with Gasteiger partial charge in [-0.2, -0.15) is 5.10 Å². The molecule has 1 aliphatic heterocycles. The van der Waals surface area contributed by atoms with E-state index >= 15 is 0 Å². The molecule has 0 aromatic carbocycles. The molecule has 0 aliphatic carbocycles. The van der Waals surface area contributed by atoms with Gasteiger partial charge in [0.1, 0.15) is 0 Å². The molecule has 0 spiro atoms. The third-order valence-corrected chi connectivity index (χ3v) is 3.74. The molecule has 0 bridgehead atoms. The van der Waals surface area contributed by atoms with E-state index in [1.807, 2.05) is 6.20 Å². The molecular formula is C14H25N3. The number of hydrogen-bond donors (Lipinski definition) is 0. The van der Waals surface area contributed by atoms with Crippen molar-refractivity contribution in [3.8, 4) is 0 Å². The molecule has 1 aromatic heterocycles. The predicted molar refractivity (Wildman–Crippen MR) is 71.2 cm³/mol. The average Bonchev–Trinajstić information content (AvgIpc) is 2.77. The molecule has 0 radical (unpaired) electrons. The van der Waals surface area contributed by atoms with Crippen molar-refractivity contribution in [2.45, 2.75) is 52.0 Å². The van der Waals surface area contributed by atoms with Crippen LogP contribution in [-0.2, 0) is 0 Å². The Kier molecular flexibility index (Phi) is 4.60. The zero-order valence-electron chi connectivity index (χ0n) is 11.2. The van der Waals surface area contributed by atoms with E-state index in [0.29, 0.717) is 6.04 Å². The Morgan fingerprint density at radius 1 is 1.29 bits per heavy atom. The Hall–Kier alpha value is -0.830. The number of rotatable bonds is 5. The summed E-state index contributed by atoms with van der Waals surface area (Å²) in [7, 11) is 0. The molecule has 3 heteroatoms. The molecule has 1 saturated heterocycles. The Morgan fingerprint density at radius 3 is 2.65 bits per heavy atom. The fraction of sp³-hybridized carbons (Fsp3) is 0.786.